The molecule has 1 atom stereocenters. The molecule has 2 N–H and O–H groups in total. The normalized spacial score (nSPS) is 12.3. The first-order valence-electron chi connectivity index (χ1n) is 7.97. The molecule has 0 aliphatic rings. The quantitative estimate of drug-likeness (QED) is 0.708. The number of hydrogen-bond donors (Lipinski definition) is 2. The van der Waals surface area contributed by atoms with E-state index in [9.17, 15) is 9.59 Å². The number of anilines is 1. The third-order valence-corrected chi connectivity index (χ3v) is 5.64. The van der Waals surface area contributed by atoms with Crippen LogP contribution >= 0.6 is 22.7 Å². The molecule has 25 heavy (non-hydrogen) atoms. The number of rotatable bonds is 5. The van der Waals surface area contributed by atoms with Crippen molar-refractivity contribution in [3.8, 4) is 0 Å². The van der Waals surface area contributed by atoms with E-state index in [1.165, 1.54) is 22.7 Å². The molecule has 0 unspecified atom stereocenters. The van der Waals surface area contributed by atoms with Gasteiger partial charge in [0.25, 0.3) is 5.91 Å². The fourth-order valence-corrected chi connectivity index (χ4v) is 4.05. The summed E-state index contributed by atoms with van der Waals surface area (Å²) in [5.41, 5.74) is 1.96. The number of nitrogens with one attached hydrogen (secondary N) is 2. The van der Waals surface area contributed by atoms with Crippen LogP contribution in [0.4, 0.5) is 5.13 Å². The predicted molar refractivity (Wildman–Crippen MR) is 103 cm³/mol. The lowest BCUT2D eigenvalue weighted by atomic mass is 10.0. The zero-order chi connectivity index (χ0) is 18.0. The van der Waals surface area contributed by atoms with E-state index in [0.29, 0.717) is 10.0 Å². The first kappa shape index (κ1) is 17.6. The summed E-state index contributed by atoms with van der Waals surface area (Å²) in [7, 11) is 0. The lowest BCUT2D eigenvalue weighted by Gasteiger charge is -2.20. The molecule has 0 fully saturated rings. The Balaban J connectivity index is 1.76. The number of hydrogen-bond acceptors (Lipinski definition) is 5. The summed E-state index contributed by atoms with van der Waals surface area (Å²) in [4.78, 5) is 30.0. The zero-order valence-corrected chi connectivity index (χ0v) is 15.8. The van der Waals surface area contributed by atoms with E-state index in [2.05, 4.69) is 15.6 Å². The van der Waals surface area contributed by atoms with E-state index < -0.39 is 6.04 Å². The lowest BCUT2D eigenvalue weighted by molar-refractivity contribution is -0.118. The van der Waals surface area contributed by atoms with Gasteiger partial charge in [-0.3, -0.25) is 9.59 Å². The molecule has 7 heteroatoms. The van der Waals surface area contributed by atoms with E-state index in [4.69, 9.17) is 0 Å². The molecule has 130 valence electrons. The molecule has 1 aromatic carbocycles. The van der Waals surface area contributed by atoms with Gasteiger partial charge in [0.15, 0.2) is 5.13 Å². The molecule has 2 aromatic heterocycles. The van der Waals surface area contributed by atoms with E-state index >= 15 is 0 Å². The maximum Gasteiger partial charge on any atom is 0.262 e. The second-order valence-corrected chi connectivity index (χ2v) is 8.08. The molecular formula is C18H19N3O2S2. The molecule has 5 nitrogen and oxygen atoms in total. The number of fused-ring (bicyclic) bond motifs is 1. The standard InChI is InChI=1S/C18H19N3O2S2/c1-10(2)14(19-16(22)13-8-5-9-24-13)17(23)21-18-20-15-11(3)6-4-7-12(15)25-18/h4-10,14H,1-3H3,(H,19,22)(H,20,21,23)/t14-/m0/s1. The lowest BCUT2D eigenvalue weighted by Crippen LogP contribution is -2.46. The Labute approximate surface area is 154 Å². The number of thiophene rings is 1. The highest BCUT2D eigenvalue weighted by Crippen LogP contribution is 2.28. The van der Waals surface area contributed by atoms with Crippen molar-refractivity contribution in [2.75, 3.05) is 5.32 Å². The summed E-state index contributed by atoms with van der Waals surface area (Å²) in [6.07, 6.45) is 0. The van der Waals surface area contributed by atoms with Crippen molar-refractivity contribution in [3.63, 3.8) is 0 Å². The van der Waals surface area contributed by atoms with Gasteiger partial charge in [-0.2, -0.15) is 0 Å². The number of thiazole rings is 1. The highest BCUT2D eigenvalue weighted by molar-refractivity contribution is 7.22. The molecule has 0 aliphatic heterocycles. The van der Waals surface area contributed by atoms with Gasteiger partial charge in [-0.05, 0) is 35.9 Å². The van der Waals surface area contributed by atoms with Crippen LogP contribution in [0.5, 0.6) is 0 Å². The SMILES string of the molecule is Cc1cccc2sc(NC(=O)[C@@H](NC(=O)c3cccs3)C(C)C)nc12. The Morgan fingerprint density at radius 3 is 2.60 bits per heavy atom. The average molecular weight is 374 g/mol. The van der Waals surface area contributed by atoms with Crippen molar-refractivity contribution in [1.29, 1.82) is 0 Å². The van der Waals surface area contributed by atoms with Crippen LogP contribution in [0, 0.1) is 12.8 Å². The van der Waals surface area contributed by atoms with Crippen LogP contribution < -0.4 is 10.6 Å². The first-order valence-corrected chi connectivity index (χ1v) is 9.66. The molecular weight excluding hydrogens is 354 g/mol. The Hall–Kier alpha value is -2.25. The van der Waals surface area contributed by atoms with Crippen LogP contribution in [0.15, 0.2) is 35.7 Å². The third-order valence-electron chi connectivity index (χ3n) is 3.83. The van der Waals surface area contributed by atoms with Gasteiger partial charge < -0.3 is 10.6 Å². The Kier molecular flexibility index (Phi) is 5.15. The van der Waals surface area contributed by atoms with Crippen molar-refractivity contribution in [3.05, 3.63) is 46.2 Å². The molecule has 0 aliphatic carbocycles. The Bertz CT molecular complexity index is 900. The maximum atomic E-state index is 12.7. The molecule has 0 saturated carbocycles. The van der Waals surface area contributed by atoms with Gasteiger partial charge in [0.05, 0.1) is 15.1 Å². The van der Waals surface area contributed by atoms with Gasteiger partial charge in [-0.15, -0.1) is 11.3 Å². The summed E-state index contributed by atoms with van der Waals surface area (Å²) in [6.45, 7) is 5.80. The fourth-order valence-electron chi connectivity index (χ4n) is 2.48. The van der Waals surface area contributed by atoms with Crippen LogP contribution in [0.2, 0.25) is 0 Å². The molecule has 3 aromatic rings. The average Bonchev–Trinajstić information content (AvgIpc) is 3.21. The topological polar surface area (TPSA) is 71.1 Å². The van der Waals surface area contributed by atoms with Gasteiger partial charge in [0.1, 0.15) is 6.04 Å². The molecule has 0 saturated heterocycles. The summed E-state index contributed by atoms with van der Waals surface area (Å²) >= 11 is 2.78. The summed E-state index contributed by atoms with van der Waals surface area (Å²) in [6, 6.07) is 8.88. The van der Waals surface area contributed by atoms with Gasteiger partial charge in [-0.25, -0.2) is 4.98 Å². The molecule has 3 rings (SSSR count). The van der Waals surface area contributed by atoms with Gasteiger partial charge in [-0.1, -0.05) is 43.4 Å². The van der Waals surface area contributed by atoms with E-state index in [1.807, 2.05) is 50.4 Å². The number of aromatic nitrogens is 1. The Morgan fingerprint density at radius 2 is 1.96 bits per heavy atom. The first-order chi connectivity index (χ1) is 12.0. The van der Waals surface area contributed by atoms with Crippen LogP contribution in [0.3, 0.4) is 0 Å². The molecule has 0 bridgehead atoms. The summed E-state index contributed by atoms with van der Waals surface area (Å²) in [5.74, 6) is -0.527. The number of benzene rings is 1. The van der Waals surface area contributed by atoms with Crippen molar-refractivity contribution in [2.24, 2.45) is 5.92 Å². The number of nitrogens with zero attached hydrogens (tertiary/aromatic N) is 1. The van der Waals surface area contributed by atoms with Gasteiger partial charge in [0, 0.05) is 0 Å². The number of amides is 2. The number of aryl methyl sites for hydroxylation is 1. The van der Waals surface area contributed by atoms with Crippen LogP contribution in [0.1, 0.15) is 29.1 Å². The second-order valence-electron chi connectivity index (χ2n) is 6.10. The molecule has 2 amide bonds. The third kappa shape index (κ3) is 3.88. The summed E-state index contributed by atoms with van der Waals surface area (Å²) < 4.78 is 1.03. The highest BCUT2D eigenvalue weighted by Gasteiger charge is 2.26. The molecule has 2 heterocycles. The second kappa shape index (κ2) is 7.33. The molecule has 0 radical (unpaired) electrons. The predicted octanol–water partition coefficient (Wildman–Crippen LogP) is 4.06. The fraction of sp³-hybridized carbons (Fsp3) is 0.278. The smallest absolute Gasteiger partial charge is 0.262 e. The number of carbonyl (C=O) groups excluding carboxylic acids is 2. The van der Waals surface area contributed by atoms with Gasteiger partial charge >= 0.3 is 0 Å². The maximum absolute atomic E-state index is 12.7. The monoisotopic (exact) mass is 373 g/mol. The van der Waals surface area contributed by atoms with E-state index in [0.717, 1.165) is 15.8 Å². The van der Waals surface area contributed by atoms with Crippen LogP contribution in [-0.4, -0.2) is 22.8 Å². The van der Waals surface area contributed by atoms with Crippen molar-refractivity contribution in [2.45, 2.75) is 26.8 Å². The summed E-state index contributed by atoms with van der Waals surface area (Å²) in [5, 5.41) is 8.05. The number of para-hydroxylation sites is 1. The largest absolute Gasteiger partial charge is 0.339 e. The minimum atomic E-state index is -0.622. The number of carbonyl (C=O) groups is 2. The minimum absolute atomic E-state index is 0.0416. The zero-order valence-electron chi connectivity index (χ0n) is 14.2. The van der Waals surface area contributed by atoms with E-state index in [1.54, 1.807) is 6.07 Å². The van der Waals surface area contributed by atoms with Crippen LogP contribution in [0.25, 0.3) is 10.2 Å². The molecule has 0 spiro atoms. The van der Waals surface area contributed by atoms with Crippen LogP contribution in [-0.2, 0) is 4.79 Å². The van der Waals surface area contributed by atoms with Crippen molar-refractivity contribution < 1.29 is 9.59 Å². The van der Waals surface area contributed by atoms with Crippen molar-refractivity contribution in [1.82, 2.24) is 10.3 Å². The van der Waals surface area contributed by atoms with E-state index in [-0.39, 0.29) is 17.7 Å². The highest BCUT2D eigenvalue weighted by atomic mass is 32.1. The Morgan fingerprint density at radius 1 is 1.16 bits per heavy atom. The van der Waals surface area contributed by atoms with Crippen molar-refractivity contribution >= 4 is 49.8 Å². The van der Waals surface area contributed by atoms with Gasteiger partial charge in [0.2, 0.25) is 5.91 Å². The minimum Gasteiger partial charge on any atom is -0.339 e.